The summed E-state index contributed by atoms with van der Waals surface area (Å²) in [5.41, 5.74) is 0. The van der Waals surface area contributed by atoms with Crippen LogP contribution in [0.3, 0.4) is 0 Å². The Labute approximate surface area is 104 Å². The molecule has 5 nitrogen and oxygen atoms in total. The van der Waals surface area contributed by atoms with E-state index in [1.165, 1.54) is 0 Å². The molecule has 1 heterocycles. The van der Waals surface area contributed by atoms with Crippen molar-refractivity contribution < 1.29 is 19.3 Å². The zero-order chi connectivity index (χ0) is 12.7. The summed E-state index contributed by atoms with van der Waals surface area (Å²) < 4.78 is 16.2. The van der Waals surface area contributed by atoms with E-state index in [-0.39, 0.29) is 6.10 Å². The number of nitrogens with one attached hydrogen (secondary N) is 1. The number of rotatable bonds is 8. The molecule has 4 atom stereocenters. The van der Waals surface area contributed by atoms with Crippen LogP contribution in [-0.4, -0.2) is 70.7 Å². The maximum Gasteiger partial charge on any atom is 0.112 e. The molecule has 0 spiro atoms. The average Bonchev–Trinajstić information content (AvgIpc) is 2.58. The lowest BCUT2D eigenvalue weighted by atomic mass is 9.93. The second kappa shape index (κ2) is 8.05. The molecule has 0 aromatic carbocycles. The van der Waals surface area contributed by atoms with Gasteiger partial charge in [-0.15, -0.1) is 0 Å². The Morgan fingerprint density at radius 2 is 2.24 bits per heavy atom. The van der Waals surface area contributed by atoms with E-state index in [2.05, 4.69) is 5.32 Å². The highest BCUT2D eigenvalue weighted by molar-refractivity contribution is 6.11. The van der Waals surface area contributed by atoms with Crippen LogP contribution in [-0.2, 0) is 14.2 Å². The number of aliphatic hydroxyl groups is 1. The second-order valence-corrected chi connectivity index (χ2v) is 4.08. The van der Waals surface area contributed by atoms with Crippen molar-refractivity contribution in [3.05, 3.63) is 0 Å². The third-order valence-corrected chi connectivity index (χ3v) is 2.74. The van der Waals surface area contributed by atoms with Crippen molar-refractivity contribution in [1.29, 1.82) is 0 Å². The molecule has 1 saturated heterocycles. The van der Waals surface area contributed by atoms with Gasteiger partial charge >= 0.3 is 0 Å². The molecule has 0 bridgehead atoms. The van der Waals surface area contributed by atoms with E-state index in [4.69, 9.17) is 22.1 Å². The first-order valence-corrected chi connectivity index (χ1v) is 6.13. The zero-order valence-electron chi connectivity index (χ0n) is 10.6. The number of ether oxygens (including phenoxy) is 3. The summed E-state index contributed by atoms with van der Waals surface area (Å²) in [7, 11) is 7.65. The van der Waals surface area contributed by atoms with Gasteiger partial charge in [0.1, 0.15) is 26.2 Å². The second-order valence-electron chi connectivity index (χ2n) is 4.08. The molecule has 4 unspecified atom stereocenters. The quantitative estimate of drug-likeness (QED) is 0.435. The van der Waals surface area contributed by atoms with Gasteiger partial charge in [0.05, 0.1) is 6.61 Å². The first kappa shape index (κ1) is 14.9. The van der Waals surface area contributed by atoms with Gasteiger partial charge in [-0.2, -0.15) is 0 Å². The van der Waals surface area contributed by atoms with Crippen molar-refractivity contribution in [2.45, 2.75) is 37.7 Å². The first-order chi connectivity index (χ1) is 8.20. The highest BCUT2D eigenvalue weighted by Crippen LogP contribution is 2.22. The maximum atomic E-state index is 9.98. The van der Waals surface area contributed by atoms with Crippen LogP contribution in [0.15, 0.2) is 0 Å². The first-order valence-electron chi connectivity index (χ1n) is 6.13. The van der Waals surface area contributed by atoms with Gasteiger partial charge < -0.3 is 24.6 Å². The van der Waals surface area contributed by atoms with Crippen molar-refractivity contribution in [2.75, 3.05) is 33.4 Å². The van der Waals surface area contributed by atoms with Crippen molar-refractivity contribution >= 4 is 7.85 Å². The summed E-state index contributed by atoms with van der Waals surface area (Å²) in [5.74, 6) is 0. The van der Waals surface area contributed by atoms with E-state index in [0.717, 1.165) is 13.0 Å². The minimum atomic E-state index is -0.717. The number of hydrogen-bond acceptors (Lipinski definition) is 5. The molecule has 0 aromatic heterocycles. The van der Waals surface area contributed by atoms with Gasteiger partial charge in [0.15, 0.2) is 0 Å². The predicted octanol–water partition coefficient (Wildman–Crippen LogP) is -0.728. The summed E-state index contributed by atoms with van der Waals surface area (Å²) in [6, 6.07) is -0.579. The Kier molecular flexibility index (Phi) is 7.07. The van der Waals surface area contributed by atoms with Gasteiger partial charge in [-0.25, -0.2) is 0 Å². The molecule has 17 heavy (non-hydrogen) atoms. The summed E-state index contributed by atoms with van der Waals surface area (Å²) >= 11 is 0. The molecule has 2 N–H and O–H groups in total. The summed E-state index contributed by atoms with van der Waals surface area (Å²) in [6.07, 6.45) is -0.689. The minimum Gasteiger partial charge on any atom is -0.388 e. The van der Waals surface area contributed by atoms with Gasteiger partial charge in [0.25, 0.3) is 0 Å². The molecule has 0 aliphatic carbocycles. The molecule has 2 radical (unpaired) electrons. The largest absolute Gasteiger partial charge is 0.388 e. The molecule has 0 aromatic rings. The van der Waals surface area contributed by atoms with Gasteiger partial charge in [0.2, 0.25) is 0 Å². The fourth-order valence-corrected chi connectivity index (χ4v) is 1.80. The van der Waals surface area contributed by atoms with Crippen molar-refractivity contribution in [1.82, 2.24) is 5.32 Å². The lowest BCUT2D eigenvalue weighted by Crippen LogP contribution is -2.37. The normalized spacial score (nSPS) is 33.1. The topological polar surface area (TPSA) is 60.0 Å². The third-order valence-electron chi connectivity index (χ3n) is 2.74. The average molecular weight is 243 g/mol. The predicted molar refractivity (Wildman–Crippen MR) is 65.2 cm³/mol. The van der Waals surface area contributed by atoms with E-state index in [1.807, 2.05) is 14.0 Å². The van der Waals surface area contributed by atoms with Gasteiger partial charge in [-0.3, -0.25) is 0 Å². The van der Waals surface area contributed by atoms with Crippen LogP contribution in [0.25, 0.3) is 0 Å². The fourth-order valence-electron chi connectivity index (χ4n) is 1.80. The summed E-state index contributed by atoms with van der Waals surface area (Å²) in [4.78, 5) is 0. The van der Waals surface area contributed by atoms with E-state index in [9.17, 15) is 5.11 Å². The Bertz CT molecular complexity index is 208. The molecule has 0 amide bonds. The maximum absolute atomic E-state index is 9.98. The van der Waals surface area contributed by atoms with Crippen molar-refractivity contribution in [3.63, 3.8) is 0 Å². The Morgan fingerprint density at radius 3 is 2.88 bits per heavy atom. The molecule has 1 aliphatic rings. The monoisotopic (exact) mass is 243 g/mol. The SMILES string of the molecule is [B]C1OC(COCC)C(O)C1OCCCNC. The third kappa shape index (κ3) is 4.56. The van der Waals surface area contributed by atoms with Crippen LogP contribution < -0.4 is 5.32 Å². The van der Waals surface area contributed by atoms with E-state index in [0.29, 0.717) is 19.8 Å². The van der Waals surface area contributed by atoms with Gasteiger partial charge in [-0.05, 0) is 26.9 Å². The fraction of sp³-hybridized carbons (Fsp3) is 1.00. The lowest BCUT2D eigenvalue weighted by molar-refractivity contribution is -0.0397. The minimum absolute atomic E-state index is 0.349. The molecule has 1 rings (SSSR count). The van der Waals surface area contributed by atoms with Crippen LogP contribution in [0.4, 0.5) is 0 Å². The lowest BCUT2D eigenvalue weighted by Gasteiger charge is -2.19. The Hall–Kier alpha value is -0.135. The van der Waals surface area contributed by atoms with Crippen molar-refractivity contribution in [3.8, 4) is 0 Å². The van der Waals surface area contributed by atoms with Gasteiger partial charge in [0, 0.05) is 19.2 Å². The summed E-state index contributed by atoms with van der Waals surface area (Å²) in [5, 5.41) is 13.0. The summed E-state index contributed by atoms with van der Waals surface area (Å²) in [6.45, 7) is 4.27. The number of aliphatic hydroxyl groups excluding tert-OH is 1. The van der Waals surface area contributed by atoms with Crippen LogP contribution in [0.5, 0.6) is 0 Å². The smallest absolute Gasteiger partial charge is 0.112 e. The molecule has 98 valence electrons. The molecular formula is C11H22BNO4. The molecule has 0 saturated carbocycles. The van der Waals surface area contributed by atoms with E-state index >= 15 is 0 Å². The Balaban J connectivity index is 2.29. The van der Waals surface area contributed by atoms with E-state index < -0.39 is 18.2 Å². The highest BCUT2D eigenvalue weighted by atomic mass is 16.6. The van der Waals surface area contributed by atoms with Crippen LogP contribution in [0, 0.1) is 0 Å². The standard InChI is InChI=1S/C11H22BNO4/c1-3-15-7-8-9(14)10(11(12)17-8)16-6-4-5-13-2/h8-11,13-14H,3-7H2,1-2H3. The van der Waals surface area contributed by atoms with Gasteiger partial charge in [-0.1, -0.05) is 0 Å². The molecule has 1 aliphatic heterocycles. The Morgan fingerprint density at radius 1 is 1.47 bits per heavy atom. The van der Waals surface area contributed by atoms with Crippen LogP contribution in [0.2, 0.25) is 0 Å². The van der Waals surface area contributed by atoms with Crippen LogP contribution >= 0.6 is 0 Å². The molecular weight excluding hydrogens is 221 g/mol. The van der Waals surface area contributed by atoms with E-state index in [1.54, 1.807) is 0 Å². The molecule has 1 fully saturated rings. The van der Waals surface area contributed by atoms with Crippen LogP contribution in [0.1, 0.15) is 13.3 Å². The molecule has 6 heteroatoms. The number of hydrogen-bond donors (Lipinski definition) is 2. The zero-order valence-corrected chi connectivity index (χ0v) is 10.6. The van der Waals surface area contributed by atoms with Crippen molar-refractivity contribution in [2.24, 2.45) is 0 Å². The highest BCUT2D eigenvalue weighted by Gasteiger charge is 2.41.